The molecule has 3 rings (SSSR count). The van der Waals surface area contributed by atoms with Gasteiger partial charge in [0.1, 0.15) is 6.07 Å². The molecule has 0 spiro atoms. The maximum Gasteiger partial charge on any atom is 0.103 e. The lowest BCUT2D eigenvalue weighted by Gasteiger charge is -2.34. The Morgan fingerprint density at radius 1 is 1.42 bits per heavy atom. The van der Waals surface area contributed by atoms with Crippen molar-refractivity contribution in [3.63, 3.8) is 0 Å². The molecule has 4 nitrogen and oxygen atoms in total. The summed E-state index contributed by atoms with van der Waals surface area (Å²) in [7, 11) is 0. The second-order valence-electron chi connectivity index (χ2n) is 4.95. The molecular formula is C15H16N4. The van der Waals surface area contributed by atoms with Crippen molar-refractivity contribution in [2.75, 3.05) is 24.5 Å². The number of nitrogens with one attached hydrogen (secondary N) is 1. The van der Waals surface area contributed by atoms with Gasteiger partial charge < -0.3 is 10.2 Å². The predicted molar refractivity (Wildman–Crippen MR) is 76.1 cm³/mol. The van der Waals surface area contributed by atoms with Gasteiger partial charge in [-0.1, -0.05) is 18.2 Å². The first-order valence-electron chi connectivity index (χ1n) is 6.56. The summed E-state index contributed by atoms with van der Waals surface area (Å²) in [4.78, 5) is 6.66. The Labute approximate surface area is 112 Å². The van der Waals surface area contributed by atoms with Gasteiger partial charge in [0.25, 0.3) is 0 Å². The Bertz CT molecular complexity index is 644. The molecule has 1 aliphatic heterocycles. The van der Waals surface area contributed by atoms with Crippen molar-refractivity contribution >= 4 is 16.6 Å². The lowest BCUT2D eigenvalue weighted by atomic mass is 10.1. The summed E-state index contributed by atoms with van der Waals surface area (Å²) >= 11 is 0. The fourth-order valence-corrected chi connectivity index (χ4v) is 2.68. The van der Waals surface area contributed by atoms with E-state index in [4.69, 9.17) is 0 Å². The van der Waals surface area contributed by atoms with Crippen molar-refractivity contribution in [1.82, 2.24) is 10.3 Å². The lowest BCUT2D eigenvalue weighted by Crippen LogP contribution is -2.49. The summed E-state index contributed by atoms with van der Waals surface area (Å²) < 4.78 is 0. The van der Waals surface area contributed by atoms with Crippen molar-refractivity contribution in [3.05, 3.63) is 36.0 Å². The summed E-state index contributed by atoms with van der Waals surface area (Å²) in [5, 5.41) is 13.8. The number of anilines is 1. The third-order valence-electron chi connectivity index (χ3n) is 3.55. The van der Waals surface area contributed by atoms with Gasteiger partial charge in [-0.05, 0) is 13.0 Å². The number of benzene rings is 1. The van der Waals surface area contributed by atoms with E-state index in [0.717, 1.165) is 36.2 Å². The minimum absolute atomic E-state index is 0.437. The van der Waals surface area contributed by atoms with Gasteiger partial charge in [-0.3, -0.25) is 4.98 Å². The standard InChI is InChI=1S/C15H16N4/c1-11-10-19(7-6-17-11)15-12(8-16)9-18-14-5-3-2-4-13(14)15/h2-5,9,11,17H,6-7,10H2,1H3/t11-/m1/s1. The van der Waals surface area contributed by atoms with E-state index in [9.17, 15) is 5.26 Å². The van der Waals surface area contributed by atoms with Crippen molar-refractivity contribution in [1.29, 1.82) is 5.26 Å². The highest BCUT2D eigenvalue weighted by Crippen LogP contribution is 2.29. The van der Waals surface area contributed by atoms with E-state index in [1.165, 1.54) is 0 Å². The number of hydrogen-bond acceptors (Lipinski definition) is 4. The Morgan fingerprint density at radius 2 is 2.26 bits per heavy atom. The van der Waals surface area contributed by atoms with E-state index in [2.05, 4.69) is 28.2 Å². The smallest absolute Gasteiger partial charge is 0.103 e. The van der Waals surface area contributed by atoms with Crippen LogP contribution in [0, 0.1) is 11.3 Å². The molecule has 0 amide bonds. The molecule has 2 aromatic rings. The zero-order valence-corrected chi connectivity index (χ0v) is 10.9. The highest BCUT2D eigenvalue weighted by Gasteiger charge is 2.20. The molecule has 96 valence electrons. The van der Waals surface area contributed by atoms with E-state index < -0.39 is 0 Å². The molecule has 0 saturated carbocycles. The van der Waals surface area contributed by atoms with Gasteiger partial charge in [0.05, 0.1) is 16.8 Å². The van der Waals surface area contributed by atoms with E-state index in [1.54, 1.807) is 6.20 Å². The van der Waals surface area contributed by atoms with Crippen molar-refractivity contribution in [3.8, 4) is 6.07 Å². The number of aromatic nitrogens is 1. The molecule has 1 saturated heterocycles. The topological polar surface area (TPSA) is 52.0 Å². The predicted octanol–water partition coefficient (Wildman–Crippen LogP) is 1.90. The fourth-order valence-electron chi connectivity index (χ4n) is 2.68. The average Bonchev–Trinajstić information content (AvgIpc) is 2.46. The second-order valence-corrected chi connectivity index (χ2v) is 4.95. The third-order valence-corrected chi connectivity index (χ3v) is 3.55. The van der Waals surface area contributed by atoms with Gasteiger partial charge >= 0.3 is 0 Å². The highest BCUT2D eigenvalue weighted by atomic mass is 15.2. The molecule has 2 heterocycles. The van der Waals surface area contributed by atoms with Crippen LogP contribution in [0.2, 0.25) is 0 Å². The van der Waals surface area contributed by atoms with Crippen LogP contribution >= 0.6 is 0 Å². The van der Waals surface area contributed by atoms with Gasteiger partial charge in [-0.2, -0.15) is 5.26 Å². The van der Waals surface area contributed by atoms with E-state index in [0.29, 0.717) is 11.6 Å². The minimum atomic E-state index is 0.437. The molecule has 1 fully saturated rings. The number of nitrogens with zero attached hydrogens (tertiary/aromatic N) is 3. The molecule has 1 aliphatic rings. The molecular weight excluding hydrogens is 236 g/mol. The molecule has 1 atom stereocenters. The SMILES string of the molecule is C[C@@H]1CN(c2c(C#N)cnc3ccccc23)CCN1. The molecule has 4 heteroatoms. The van der Waals surface area contributed by atoms with E-state index in [-0.39, 0.29) is 0 Å². The van der Waals surface area contributed by atoms with Crippen LogP contribution in [0.3, 0.4) is 0 Å². The maximum atomic E-state index is 9.34. The van der Waals surface area contributed by atoms with Gasteiger partial charge in [-0.25, -0.2) is 0 Å². The van der Waals surface area contributed by atoms with Crippen LogP contribution in [0.15, 0.2) is 30.5 Å². The Balaban J connectivity index is 2.17. The molecule has 1 aromatic heterocycles. The summed E-state index contributed by atoms with van der Waals surface area (Å²) in [6, 6.07) is 10.7. The number of pyridine rings is 1. The zero-order valence-electron chi connectivity index (χ0n) is 10.9. The summed E-state index contributed by atoms with van der Waals surface area (Å²) in [6.07, 6.45) is 1.68. The van der Waals surface area contributed by atoms with Crippen LogP contribution < -0.4 is 10.2 Å². The maximum absolute atomic E-state index is 9.34. The minimum Gasteiger partial charge on any atom is -0.367 e. The molecule has 1 N–H and O–H groups in total. The first-order chi connectivity index (χ1) is 9.29. The molecule has 0 unspecified atom stereocenters. The molecule has 0 bridgehead atoms. The van der Waals surface area contributed by atoms with Crippen molar-refractivity contribution in [2.45, 2.75) is 13.0 Å². The van der Waals surface area contributed by atoms with Crippen LogP contribution in [0.1, 0.15) is 12.5 Å². The molecule has 0 aliphatic carbocycles. The largest absolute Gasteiger partial charge is 0.367 e. The fraction of sp³-hybridized carbons (Fsp3) is 0.333. The lowest BCUT2D eigenvalue weighted by molar-refractivity contribution is 0.485. The van der Waals surface area contributed by atoms with Crippen molar-refractivity contribution < 1.29 is 0 Å². The highest BCUT2D eigenvalue weighted by molar-refractivity contribution is 5.94. The normalized spacial score (nSPS) is 19.4. The molecule has 1 aromatic carbocycles. The number of piperazine rings is 1. The summed E-state index contributed by atoms with van der Waals surface area (Å²) in [5.74, 6) is 0. The number of hydrogen-bond donors (Lipinski definition) is 1. The Kier molecular flexibility index (Phi) is 3.06. The Morgan fingerprint density at radius 3 is 3.05 bits per heavy atom. The van der Waals surface area contributed by atoms with Gasteiger partial charge in [0, 0.05) is 37.3 Å². The molecule has 19 heavy (non-hydrogen) atoms. The number of fused-ring (bicyclic) bond motifs is 1. The Hall–Kier alpha value is -2.12. The summed E-state index contributed by atoms with van der Waals surface area (Å²) in [5.41, 5.74) is 2.64. The van der Waals surface area contributed by atoms with Crippen molar-refractivity contribution in [2.24, 2.45) is 0 Å². The first-order valence-corrected chi connectivity index (χ1v) is 6.56. The van der Waals surface area contributed by atoms with Crippen LogP contribution in [-0.2, 0) is 0 Å². The third kappa shape index (κ3) is 2.13. The monoisotopic (exact) mass is 252 g/mol. The first kappa shape index (κ1) is 11.9. The van der Waals surface area contributed by atoms with Gasteiger partial charge in [-0.15, -0.1) is 0 Å². The quantitative estimate of drug-likeness (QED) is 0.842. The average molecular weight is 252 g/mol. The second kappa shape index (κ2) is 4.87. The molecule has 0 radical (unpaired) electrons. The summed E-state index contributed by atoms with van der Waals surface area (Å²) in [6.45, 7) is 4.96. The number of rotatable bonds is 1. The number of para-hydroxylation sites is 1. The van der Waals surface area contributed by atoms with Gasteiger partial charge in [0.2, 0.25) is 0 Å². The van der Waals surface area contributed by atoms with Crippen LogP contribution in [0.4, 0.5) is 5.69 Å². The number of nitriles is 1. The van der Waals surface area contributed by atoms with Crippen LogP contribution in [-0.4, -0.2) is 30.7 Å². The van der Waals surface area contributed by atoms with Crippen LogP contribution in [0.25, 0.3) is 10.9 Å². The van der Waals surface area contributed by atoms with Crippen LogP contribution in [0.5, 0.6) is 0 Å². The van der Waals surface area contributed by atoms with E-state index in [1.807, 2.05) is 24.3 Å². The zero-order chi connectivity index (χ0) is 13.2. The van der Waals surface area contributed by atoms with E-state index >= 15 is 0 Å². The van der Waals surface area contributed by atoms with Gasteiger partial charge in [0.15, 0.2) is 0 Å².